The highest BCUT2D eigenvalue weighted by Gasteiger charge is 2.59. The Balaban J connectivity index is 1.49. The van der Waals surface area contributed by atoms with Gasteiger partial charge >= 0.3 is 0 Å². The van der Waals surface area contributed by atoms with E-state index < -0.39 is 22.9 Å². The lowest BCUT2D eigenvalue weighted by Crippen LogP contribution is -2.66. The predicted octanol–water partition coefficient (Wildman–Crippen LogP) is 5.99. The molecule has 3 aromatic rings. The molecular formula is C35H43ClN4O3. The first-order valence-corrected chi connectivity index (χ1v) is 16.2. The highest BCUT2D eigenvalue weighted by molar-refractivity contribution is 6.31. The third kappa shape index (κ3) is 5.68. The summed E-state index contributed by atoms with van der Waals surface area (Å²) in [6.07, 6.45) is 5.55. The number of aryl methyl sites for hydroxylation is 1. The summed E-state index contributed by atoms with van der Waals surface area (Å²) in [4.78, 5) is 50.1. The molecule has 0 bridgehead atoms. The molecule has 2 saturated heterocycles. The van der Waals surface area contributed by atoms with Gasteiger partial charge in [-0.1, -0.05) is 41.9 Å². The van der Waals surface area contributed by atoms with Gasteiger partial charge in [-0.2, -0.15) is 0 Å². The maximum absolute atomic E-state index is 14.7. The van der Waals surface area contributed by atoms with Crippen LogP contribution in [0.1, 0.15) is 76.1 Å². The largest absolute Gasteiger partial charge is 0.356 e. The fourth-order valence-corrected chi connectivity index (χ4v) is 7.97. The quantitative estimate of drug-likeness (QED) is 0.364. The van der Waals surface area contributed by atoms with Crippen LogP contribution >= 0.6 is 11.6 Å². The Morgan fingerprint density at radius 1 is 1.05 bits per heavy atom. The number of hydrogen-bond acceptors (Lipinski definition) is 3. The molecule has 3 aliphatic rings. The topological polar surface area (TPSA) is 85.5 Å². The van der Waals surface area contributed by atoms with Crippen LogP contribution in [0.2, 0.25) is 5.02 Å². The van der Waals surface area contributed by atoms with Gasteiger partial charge in [0.2, 0.25) is 17.7 Å². The van der Waals surface area contributed by atoms with E-state index in [9.17, 15) is 14.4 Å². The smallest absolute Gasteiger partial charge is 0.228 e. The van der Waals surface area contributed by atoms with Gasteiger partial charge in [-0.3, -0.25) is 14.4 Å². The summed E-state index contributed by atoms with van der Waals surface area (Å²) in [5.74, 6) is -1.09. The minimum absolute atomic E-state index is 0.0258. The number of carbonyl (C=O) groups excluding carboxylic acids is 3. The zero-order chi connectivity index (χ0) is 30.4. The number of aromatic amines is 1. The molecule has 2 fully saturated rings. The summed E-state index contributed by atoms with van der Waals surface area (Å²) >= 11 is 6.47. The van der Waals surface area contributed by atoms with E-state index in [1.165, 1.54) is 5.56 Å². The maximum Gasteiger partial charge on any atom is 0.228 e. The van der Waals surface area contributed by atoms with Gasteiger partial charge in [-0.15, -0.1) is 0 Å². The molecule has 6 rings (SSSR count). The van der Waals surface area contributed by atoms with Crippen molar-refractivity contribution in [2.75, 3.05) is 19.6 Å². The molecule has 8 heteroatoms. The van der Waals surface area contributed by atoms with Crippen molar-refractivity contribution in [2.24, 2.45) is 11.8 Å². The Morgan fingerprint density at radius 2 is 1.79 bits per heavy atom. The summed E-state index contributed by atoms with van der Waals surface area (Å²) in [5, 5.41) is 4.76. The molecule has 0 aliphatic carbocycles. The molecule has 0 spiro atoms. The van der Waals surface area contributed by atoms with Crippen LogP contribution in [0.25, 0.3) is 10.9 Å². The number of carbonyl (C=O) groups is 3. The second-order valence-corrected chi connectivity index (χ2v) is 14.1. The third-order valence-electron chi connectivity index (χ3n) is 9.63. The van der Waals surface area contributed by atoms with Gasteiger partial charge in [0.25, 0.3) is 0 Å². The number of nitrogens with one attached hydrogen (secondary N) is 2. The van der Waals surface area contributed by atoms with Crippen molar-refractivity contribution in [3.63, 3.8) is 0 Å². The molecule has 0 unspecified atom stereocenters. The van der Waals surface area contributed by atoms with Gasteiger partial charge in [0.15, 0.2) is 0 Å². The van der Waals surface area contributed by atoms with E-state index in [0.717, 1.165) is 60.9 Å². The highest BCUT2D eigenvalue weighted by Crippen LogP contribution is 2.53. The molecule has 3 amide bonds. The van der Waals surface area contributed by atoms with Crippen LogP contribution in [0.4, 0.5) is 0 Å². The van der Waals surface area contributed by atoms with Crippen molar-refractivity contribution in [1.82, 2.24) is 20.1 Å². The van der Waals surface area contributed by atoms with Crippen molar-refractivity contribution in [1.29, 1.82) is 0 Å². The number of piperidine rings is 2. The van der Waals surface area contributed by atoms with Crippen LogP contribution in [-0.2, 0) is 32.8 Å². The van der Waals surface area contributed by atoms with Crippen LogP contribution in [0.5, 0.6) is 0 Å². The Hall–Kier alpha value is -3.32. The molecule has 3 aliphatic heterocycles. The number of benzene rings is 2. The lowest BCUT2D eigenvalue weighted by Gasteiger charge is -2.56. The second kappa shape index (κ2) is 11.6. The van der Waals surface area contributed by atoms with Crippen LogP contribution in [0.3, 0.4) is 0 Å². The number of likely N-dealkylation sites (tertiary alicyclic amines) is 1. The maximum atomic E-state index is 14.7. The average molecular weight is 603 g/mol. The molecule has 4 heterocycles. The van der Waals surface area contributed by atoms with Gasteiger partial charge in [-0.25, -0.2) is 0 Å². The molecule has 0 saturated carbocycles. The van der Waals surface area contributed by atoms with E-state index in [1.807, 2.05) is 67.0 Å². The van der Waals surface area contributed by atoms with Gasteiger partial charge in [-0.05, 0) is 95.0 Å². The number of nitrogens with zero attached hydrogens (tertiary/aromatic N) is 2. The van der Waals surface area contributed by atoms with Gasteiger partial charge in [0.1, 0.15) is 0 Å². The number of H-pyrrole nitrogens is 1. The highest BCUT2D eigenvalue weighted by atomic mass is 35.5. The van der Waals surface area contributed by atoms with Crippen LogP contribution in [-0.4, -0.2) is 57.7 Å². The van der Waals surface area contributed by atoms with E-state index >= 15 is 0 Å². The number of aromatic nitrogens is 1. The minimum Gasteiger partial charge on any atom is -0.356 e. The number of halogens is 1. The van der Waals surface area contributed by atoms with Crippen molar-refractivity contribution in [3.8, 4) is 0 Å². The van der Waals surface area contributed by atoms with Crippen molar-refractivity contribution < 1.29 is 14.4 Å². The molecule has 3 atom stereocenters. The monoisotopic (exact) mass is 602 g/mol. The van der Waals surface area contributed by atoms with Crippen LogP contribution in [0.15, 0.2) is 48.5 Å². The van der Waals surface area contributed by atoms with Gasteiger partial charge in [0, 0.05) is 59.1 Å². The first-order valence-electron chi connectivity index (χ1n) is 15.8. The normalized spacial score (nSPS) is 24.0. The lowest BCUT2D eigenvalue weighted by atomic mass is 9.64. The van der Waals surface area contributed by atoms with E-state index in [-0.39, 0.29) is 24.1 Å². The standard InChI is InChI=1S/C35H43ClN4O3/c1-34(2,3)38-30(41)21-24-20-28(33(43)39-17-8-5-9-18-39)35(16-14-23-10-6-4-7-11-23)31-26(15-19-40(35)32(24)42)27-22-25(36)12-13-29(27)37-31/h4,6-7,10-13,22,24,28,37H,5,8-9,14-21H2,1-3H3,(H,38,41)/t24-,28-,35+/m1/s1. The molecule has 2 aromatic carbocycles. The van der Waals surface area contributed by atoms with E-state index in [0.29, 0.717) is 30.8 Å². The van der Waals surface area contributed by atoms with E-state index in [1.54, 1.807) is 0 Å². The van der Waals surface area contributed by atoms with E-state index in [2.05, 4.69) is 22.4 Å². The molecule has 7 nitrogen and oxygen atoms in total. The Kier molecular flexibility index (Phi) is 8.05. The molecular weight excluding hydrogens is 560 g/mol. The third-order valence-corrected chi connectivity index (χ3v) is 9.86. The van der Waals surface area contributed by atoms with Gasteiger partial charge in [0.05, 0.1) is 11.5 Å². The fourth-order valence-electron chi connectivity index (χ4n) is 7.79. The minimum atomic E-state index is -0.850. The predicted molar refractivity (Wildman–Crippen MR) is 170 cm³/mol. The number of hydrogen-bond donors (Lipinski definition) is 2. The Morgan fingerprint density at radius 3 is 2.51 bits per heavy atom. The first-order chi connectivity index (χ1) is 20.6. The number of amides is 3. The summed E-state index contributed by atoms with van der Waals surface area (Å²) in [5.41, 5.74) is 3.01. The first kappa shape index (κ1) is 29.7. The summed E-state index contributed by atoms with van der Waals surface area (Å²) < 4.78 is 0. The molecule has 2 N–H and O–H groups in total. The zero-order valence-corrected chi connectivity index (χ0v) is 26.3. The van der Waals surface area contributed by atoms with Crippen LogP contribution < -0.4 is 5.32 Å². The van der Waals surface area contributed by atoms with Crippen molar-refractivity contribution >= 4 is 40.2 Å². The second-order valence-electron chi connectivity index (χ2n) is 13.7. The van der Waals surface area contributed by atoms with Gasteiger partial charge < -0.3 is 20.1 Å². The number of fused-ring (bicyclic) bond motifs is 5. The zero-order valence-electron chi connectivity index (χ0n) is 25.5. The number of rotatable bonds is 6. The van der Waals surface area contributed by atoms with E-state index in [4.69, 9.17) is 11.6 Å². The molecule has 1 aromatic heterocycles. The Labute approximate surface area is 259 Å². The molecule has 43 heavy (non-hydrogen) atoms. The van der Waals surface area contributed by atoms with Crippen molar-refractivity contribution in [3.05, 3.63) is 70.4 Å². The Bertz CT molecular complexity index is 1520. The molecule has 228 valence electrons. The summed E-state index contributed by atoms with van der Waals surface area (Å²) in [6, 6.07) is 16.2. The summed E-state index contributed by atoms with van der Waals surface area (Å²) in [7, 11) is 0. The summed E-state index contributed by atoms with van der Waals surface area (Å²) in [6.45, 7) is 7.81. The fraction of sp³-hybridized carbons (Fsp3) is 0.514. The lowest BCUT2D eigenvalue weighted by molar-refractivity contribution is -0.167. The molecule has 0 radical (unpaired) electrons. The van der Waals surface area contributed by atoms with Crippen LogP contribution in [0, 0.1) is 11.8 Å². The average Bonchev–Trinajstić information content (AvgIpc) is 3.36. The SMILES string of the molecule is CC(C)(C)NC(=O)C[C@H]1C[C@H](C(=O)N2CCCCC2)[C@@]2(CCc3ccccc3)c3[nH]c4ccc(Cl)cc4c3CCN2C1=O. The van der Waals surface area contributed by atoms with Crippen molar-refractivity contribution in [2.45, 2.75) is 83.2 Å².